The molecule has 10 heteroatoms. The summed E-state index contributed by atoms with van der Waals surface area (Å²) in [6, 6.07) is 31.5. The quantitative estimate of drug-likeness (QED) is 0.157. The summed E-state index contributed by atoms with van der Waals surface area (Å²) in [5.74, 6) is -0.483. The Bertz CT molecular complexity index is 1820. The number of nitrogens with zero attached hydrogens (tertiary/aromatic N) is 2. The zero-order chi connectivity index (χ0) is 32.6. The Labute approximate surface area is 273 Å². The molecule has 47 heavy (non-hydrogen) atoms. The number of ether oxygens (including phenoxy) is 3. The number of hydrogen-bond acceptors (Lipinski definition) is 7. The molecule has 0 aliphatic carbocycles. The third kappa shape index (κ3) is 8.04. The molecular formula is C37H38N4O6. The van der Waals surface area contributed by atoms with Crippen molar-refractivity contribution in [3.05, 3.63) is 126 Å². The smallest absolute Gasteiger partial charge is 0.325 e. The molecule has 3 atom stereocenters. The average molecular weight is 635 g/mol. The second-order valence-corrected chi connectivity index (χ2v) is 11.4. The first-order valence-electron chi connectivity index (χ1n) is 15.8. The summed E-state index contributed by atoms with van der Waals surface area (Å²) in [4.78, 5) is 28.3. The molecule has 3 N–H and O–H groups in total. The van der Waals surface area contributed by atoms with Gasteiger partial charge in [-0.1, -0.05) is 72.8 Å². The Hall–Kier alpha value is -5.03. The number of fused-ring (bicyclic) bond motifs is 1. The lowest BCUT2D eigenvalue weighted by Gasteiger charge is -2.36. The van der Waals surface area contributed by atoms with Crippen molar-refractivity contribution >= 4 is 23.0 Å². The van der Waals surface area contributed by atoms with Crippen molar-refractivity contribution in [1.82, 2.24) is 20.2 Å². The van der Waals surface area contributed by atoms with E-state index in [9.17, 15) is 14.7 Å². The minimum atomic E-state index is -0.612. The van der Waals surface area contributed by atoms with Crippen LogP contribution in [0, 0.1) is 0 Å². The van der Waals surface area contributed by atoms with Crippen molar-refractivity contribution in [3.63, 3.8) is 0 Å². The first-order chi connectivity index (χ1) is 23.0. The standard InChI is InChI=1S/C37H38N4O6/c1-2-45-35(43)21-39-37(44)38-20-26-7-5-8-28(17-26)29-9-6-10-30(18-29)36-46-31(22-41-24-40-32-11-3-4-12-33(32)41)19-34(47-36)27-15-13-25(23-42)14-16-27/h3-18,24,31,34,36,42H,2,19-23H2,1H3,(H2,38,39,44). The number of benzene rings is 4. The molecule has 0 spiro atoms. The van der Waals surface area contributed by atoms with Gasteiger partial charge in [-0.05, 0) is 59.0 Å². The van der Waals surface area contributed by atoms with Crippen LogP contribution in [0.3, 0.4) is 0 Å². The summed E-state index contributed by atoms with van der Waals surface area (Å²) in [5, 5.41) is 14.8. The first kappa shape index (κ1) is 31.9. The van der Waals surface area contributed by atoms with Crippen LogP contribution in [-0.4, -0.2) is 45.9 Å². The number of carbonyl (C=O) groups excluding carboxylic acids is 2. The number of nitrogens with one attached hydrogen (secondary N) is 2. The number of rotatable bonds is 11. The first-order valence-corrected chi connectivity index (χ1v) is 15.8. The molecule has 1 saturated heterocycles. The molecule has 10 nitrogen and oxygen atoms in total. The molecule has 3 unspecified atom stereocenters. The Morgan fingerprint density at radius 2 is 1.68 bits per heavy atom. The van der Waals surface area contributed by atoms with E-state index in [1.54, 1.807) is 6.92 Å². The highest BCUT2D eigenvalue weighted by Gasteiger charge is 2.33. The molecular weight excluding hydrogens is 596 g/mol. The van der Waals surface area contributed by atoms with Gasteiger partial charge in [0.1, 0.15) is 6.54 Å². The minimum Gasteiger partial charge on any atom is -0.465 e. The van der Waals surface area contributed by atoms with Crippen LogP contribution < -0.4 is 10.6 Å². The topological polar surface area (TPSA) is 124 Å². The monoisotopic (exact) mass is 634 g/mol. The maximum absolute atomic E-state index is 12.2. The van der Waals surface area contributed by atoms with E-state index >= 15 is 0 Å². The van der Waals surface area contributed by atoms with Crippen molar-refractivity contribution < 1.29 is 28.9 Å². The lowest BCUT2D eigenvalue weighted by atomic mass is 9.98. The SMILES string of the molecule is CCOC(=O)CNC(=O)NCc1cccc(-c2cccc(C3OC(Cn4cnc5ccccc54)CC(c4ccc(CO)cc4)O3)c2)c1. The number of amides is 2. The summed E-state index contributed by atoms with van der Waals surface area (Å²) in [5.41, 5.74) is 7.62. The molecule has 1 aliphatic heterocycles. The van der Waals surface area contributed by atoms with Gasteiger partial charge in [0.15, 0.2) is 6.29 Å². The molecule has 0 bridgehead atoms. The number of urea groups is 1. The fraction of sp³-hybridized carbons (Fsp3) is 0.270. The number of carbonyl (C=O) groups is 2. The Balaban J connectivity index is 1.19. The van der Waals surface area contributed by atoms with E-state index in [4.69, 9.17) is 14.2 Å². The van der Waals surface area contributed by atoms with Crippen LogP contribution in [0.5, 0.6) is 0 Å². The van der Waals surface area contributed by atoms with Gasteiger partial charge in [-0.3, -0.25) is 4.79 Å². The maximum atomic E-state index is 12.2. The summed E-state index contributed by atoms with van der Waals surface area (Å²) >= 11 is 0. The van der Waals surface area contributed by atoms with E-state index in [-0.39, 0.29) is 32.0 Å². The van der Waals surface area contributed by atoms with Crippen LogP contribution in [0.4, 0.5) is 4.79 Å². The van der Waals surface area contributed by atoms with Gasteiger partial charge in [-0.25, -0.2) is 9.78 Å². The second-order valence-electron chi connectivity index (χ2n) is 11.4. The fourth-order valence-corrected chi connectivity index (χ4v) is 5.74. The number of esters is 1. The highest BCUT2D eigenvalue weighted by molar-refractivity contribution is 5.80. The van der Waals surface area contributed by atoms with Gasteiger partial charge in [0.25, 0.3) is 0 Å². The summed E-state index contributed by atoms with van der Waals surface area (Å²) in [6.45, 7) is 2.69. The lowest BCUT2D eigenvalue weighted by Crippen LogP contribution is -2.38. The molecule has 242 valence electrons. The van der Waals surface area contributed by atoms with Crippen LogP contribution in [0.15, 0.2) is 103 Å². The van der Waals surface area contributed by atoms with Crippen molar-refractivity contribution in [2.75, 3.05) is 13.2 Å². The van der Waals surface area contributed by atoms with E-state index < -0.39 is 18.3 Å². The molecule has 1 fully saturated rings. The van der Waals surface area contributed by atoms with Gasteiger partial charge in [0.2, 0.25) is 0 Å². The van der Waals surface area contributed by atoms with Gasteiger partial charge >= 0.3 is 12.0 Å². The van der Waals surface area contributed by atoms with Gasteiger partial charge in [0, 0.05) is 18.5 Å². The number of hydrogen-bond donors (Lipinski definition) is 3. The maximum Gasteiger partial charge on any atom is 0.325 e. The van der Waals surface area contributed by atoms with Crippen LogP contribution in [0.2, 0.25) is 0 Å². The predicted molar refractivity (Wildman–Crippen MR) is 177 cm³/mol. The van der Waals surface area contributed by atoms with E-state index in [0.717, 1.165) is 44.4 Å². The number of imidazole rings is 1. The summed E-state index contributed by atoms with van der Waals surface area (Å²) in [6.07, 6.45) is 1.54. The molecule has 4 aromatic carbocycles. The summed E-state index contributed by atoms with van der Waals surface area (Å²) < 4.78 is 20.2. The zero-order valence-corrected chi connectivity index (χ0v) is 26.2. The van der Waals surface area contributed by atoms with Crippen LogP contribution >= 0.6 is 0 Å². The van der Waals surface area contributed by atoms with Crippen LogP contribution in [0.1, 0.15) is 48.0 Å². The Morgan fingerprint density at radius 3 is 2.49 bits per heavy atom. The van der Waals surface area contributed by atoms with E-state index in [0.29, 0.717) is 19.5 Å². The van der Waals surface area contributed by atoms with Crippen molar-refractivity contribution in [3.8, 4) is 11.1 Å². The van der Waals surface area contributed by atoms with E-state index in [2.05, 4.69) is 32.3 Å². The molecule has 5 aromatic rings. The molecule has 0 radical (unpaired) electrons. The van der Waals surface area contributed by atoms with Crippen LogP contribution in [0.25, 0.3) is 22.2 Å². The third-order valence-corrected chi connectivity index (χ3v) is 8.11. The molecule has 0 saturated carbocycles. The number of aromatic nitrogens is 2. The number of para-hydroxylation sites is 2. The molecule has 1 aromatic heterocycles. The van der Waals surface area contributed by atoms with Gasteiger partial charge in [-0.2, -0.15) is 0 Å². The molecule has 1 aliphatic rings. The normalized spacial score (nSPS) is 17.7. The largest absolute Gasteiger partial charge is 0.465 e. The number of aliphatic hydroxyl groups excluding tert-OH is 1. The summed E-state index contributed by atoms with van der Waals surface area (Å²) in [7, 11) is 0. The fourth-order valence-electron chi connectivity index (χ4n) is 5.74. The van der Waals surface area contributed by atoms with Crippen molar-refractivity contribution in [2.24, 2.45) is 0 Å². The Morgan fingerprint density at radius 1 is 0.894 bits per heavy atom. The average Bonchev–Trinajstić information content (AvgIpc) is 3.52. The highest BCUT2D eigenvalue weighted by Crippen LogP contribution is 2.39. The van der Waals surface area contributed by atoms with Crippen LogP contribution in [-0.2, 0) is 38.7 Å². The van der Waals surface area contributed by atoms with Gasteiger partial charge in [-0.15, -0.1) is 0 Å². The van der Waals surface area contributed by atoms with Crippen molar-refractivity contribution in [2.45, 2.75) is 51.5 Å². The Kier molecular flexibility index (Phi) is 10.2. The lowest BCUT2D eigenvalue weighted by molar-refractivity contribution is -0.252. The molecule has 2 amide bonds. The van der Waals surface area contributed by atoms with Gasteiger partial charge < -0.3 is 34.5 Å². The molecule has 6 rings (SSSR count). The van der Waals surface area contributed by atoms with E-state index in [1.165, 1.54) is 0 Å². The molecule has 2 heterocycles. The minimum absolute atomic E-state index is 0.0133. The second kappa shape index (κ2) is 15.0. The van der Waals surface area contributed by atoms with E-state index in [1.807, 2.05) is 91.3 Å². The van der Waals surface area contributed by atoms with Crippen molar-refractivity contribution in [1.29, 1.82) is 0 Å². The predicted octanol–water partition coefficient (Wildman–Crippen LogP) is 5.80. The number of aliphatic hydroxyl groups is 1. The highest BCUT2D eigenvalue weighted by atomic mass is 16.7. The zero-order valence-electron chi connectivity index (χ0n) is 26.2. The van der Waals surface area contributed by atoms with Gasteiger partial charge in [0.05, 0.1) is 49.3 Å². The third-order valence-electron chi connectivity index (χ3n) is 8.11.